The topological polar surface area (TPSA) is 63.5 Å². The lowest BCUT2D eigenvalue weighted by atomic mass is 10.1. The minimum Gasteiger partial charge on any atom is -0.338 e. The maximum atomic E-state index is 12.4. The number of rotatable bonds is 6. The van der Waals surface area contributed by atoms with E-state index in [1.54, 1.807) is 24.1 Å². The zero-order valence-corrected chi connectivity index (χ0v) is 14.7. The van der Waals surface area contributed by atoms with Gasteiger partial charge in [-0.3, -0.25) is 14.9 Å². The number of amides is 1. The zero-order valence-electron chi connectivity index (χ0n) is 13.9. The Hall–Kier alpha value is -2.34. The van der Waals surface area contributed by atoms with E-state index in [0.717, 1.165) is 10.5 Å². The van der Waals surface area contributed by atoms with Crippen molar-refractivity contribution in [1.29, 1.82) is 0 Å². The Morgan fingerprint density at radius 1 is 1.25 bits per heavy atom. The number of nitrogens with zero attached hydrogens (tertiary/aromatic N) is 2. The Labute approximate surface area is 145 Å². The third-order valence-electron chi connectivity index (χ3n) is 3.92. The van der Waals surface area contributed by atoms with Gasteiger partial charge < -0.3 is 4.90 Å². The SMILES string of the molecule is Cc1ccc(SCC(=O)N(C)[C@@H](C)c2cccc([N+](=O)[O-])c2)cc1. The third-order valence-corrected chi connectivity index (χ3v) is 4.92. The molecule has 0 N–H and O–H groups in total. The number of benzene rings is 2. The average molecular weight is 344 g/mol. The highest BCUT2D eigenvalue weighted by atomic mass is 32.2. The van der Waals surface area contributed by atoms with Crippen molar-refractivity contribution in [2.75, 3.05) is 12.8 Å². The van der Waals surface area contributed by atoms with Crippen LogP contribution in [0.25, 0.3) is 0 Å². The molecule has 0 heterocycles. The lowest BCUT2D eigenvalue weighted by Crippen LogP contribution is -2.31. The molecule has 1 atom stereocenters. The Bertz CT molecular complexity index is 731. The van der Waals surface area contributed by atoms with Gasteiger partial charge in [-0.15, -0.1) is 11.8 Å². The standard InChI is InChI=1S/C18H20N2O3S/c1-13-7-9-17(10-8-13)24-12-18(21)19(3)14(2)15-5-4-6-16(11-15)20(22)23/h4-11,14H,12H2,1-3H3/t14-/m0/s1. The Morgan fingerprint density at radius 2 is 1.92 bits per heavy atom. The number of aryl methyl sites for hydroxylation is 1. The fourth-order valence-corrected chi connectivity index (χ4v) is 3.04. The van der Waals surface area contributed by atoms with Gasteiger partial charge in [0.1, 0.15) is 0 Å². The molecule has 0 aliphatic heterocycles. The highest BCUT2D eigenvalue weighted by molar-refractivity contribution is 8.00. The number of hydrogen-bond donors (Lipinski definition) is 0. The molecule has 0 bridgehead atoms. The fourth-order valence-electron chi connectivity index (χ4n) is 2.22. The van der Waals surface area contributed by atoms with Gasteiger partial charge in [-0.1, -0.05) is 29.8 Å². The Kier molecular flexibility index (Phi) is 5.98. The largest absolute Gasteiger partial charge is 0.338 e. The van der Waals surface area contributed by atoms with Crippen LogP contribution in [0.5, 0.6) is 0 Å². The van der Waals surface area contributed by atoms with Crippen LogP contribution in [0.15, 0.2) is 53.4 Å². The van der Waals surface area contributed by atoms with Crippen molar-refractivity contribution >= 4 is 23.4 Å². The number of carbonyl (C=O) groups excluding carboxylic acids is 1. The van der Waals surface area contributed by atoms with Gasteiger partial charge in [-0.25, -0.2) is 0 Å². The van der Waals surface area contributed by atoms with E-state index in [1.165, 1.54) is 29.5 Å². The van der Waals surface area contributed by atoms with Crippen molar-refractivity contribution in [3.63, 3.8) is 0 Å². The summed E-state index contributed by atoms with van der Waals surface area (Å²) >= 11 is 1.49. The van der Waals surface area contributed by atoms with E-state index in [1.807, 2.05) is 38.1 Å². The summed E-state index contributed by atoms with van der Waals surface area (Å²) in [7, 11) is 1.72. The van der Waals surface area contributed by atoms with Crippen LogP contribution in [0.4, 0.5) is 5.69 Å². The first kappa shape index (κ1) is 18.0. The maximum absolute atomic E-state index is 12.4. The molecule has 2 aromatic carbocycles. The van der Waals surface area contributed by atoms with Crippen LogP contribution >= 0.6 is 11.8 Å². The lowest BCUT2D eigenvalue weighted by molar-refractivity contribution is -0.384. The van der Waals surface area contributed by atoms with E-state index in [-0.39, 0.29) is 17.6 Å². The van der Waals surface area contributed by atoms with Gasteiger partial charge in [-0.05, 0) is 31.5 Å². The summed E-state index contributed by atoms with van der Waals surface area (Å²) in [6, 6.07) is 14.2. The van der Waals surface area contributed by atoms with Crippen molar-refractivity contribution in [1.82, 2.24) is 4.90 Å². The van der Waals surface area contributed by atoms with E-state index in [9.17, 15) is 14.9 Å². The van der Waals surface area contributed by atoms with Crippen LogP contribution in [0.1, 0.15) is 24.1 Å². The Balaban J connectivity index is 2.00. The van der Waals surface area contributed by atoms with E-state index in [4.69, 9.17) is 0 Å². The predicted molar refractivity (Wildman–Crippen MR) is 96.2 cm³/mol. The summed E-state index contributed by atoms with van der Waals surface area (Å²) in [4.78, 5) is 25.5. The van der Waals surface area contributed by atoms with Crippen LogP contribution < -0.4 is 0 Å². The minimum atomic E-state index is -0.425. The van der Waals surface area contributed by atoms with Crippen molar-refractivity contribution in [3.8, 4) is 0 Å². The molecular formula is C18H20N2O3S. The molecule has 0 aliphatic rings. The van der Waals surface area contributed by atoms with Gasteiger partial charge in [0.25, 0.3) is 5.69 Å². The second-order valence-electron chi connectivity index (χ2n) is 5.63. The first-order chi connectivity index (χ1) is 11.4. The zero-order chi connectivity index (χ0) is 17.7. The first-order valence-corrected chi connectivity index (χ1v) is 8.56. The number of carbonyl (C=O) groups is 1. The molecule has 24 heavy (non-hydrogen) atoms. The summed E-state index contributed by atoms with van der Waals surface area (Å²) < 4.78 is 0. The quantitative estimate of drug-likeness (QED) is 0.447. The molecule has 0 saturated heterocycles. The maximum Gasteiger partial charge on any atom is 0.269 e. The van der Waals surface area contributed by atoms with E-state index in [0.29, 0.717) is 5.75 Å². The molecule has 1 amide bonds. The van der Waals surface area contributed by atoms with Gasteiger partial charge >= 0.3 is 0 Å². The third kappa shape index (κ3) is 4.58. The number of non-ortho nitro benzene ring substituents is 1. The fraction of sp³-hybridized carbons (Fsp3) is 0.278. The summed E-state index contributed by atoms with van der Waals surface area (Å²) in [5.41, 5.74) is 1.97. The van der Waals surface area contributed by atoms with Crippen LogP contribution in [0.2, 0.25) is 0 Å². The second-order valence-corrected chi connectivity index (χ2v) is 6.68. The molecule has 0 fully saturated rings. The molecule has 2 rings (SSSR count). The molecule has 6 heteroatoms. The van der Waals surface area contributed by atoms with Crippen LogP contribution in [0, 0.1) is 17.0 Å². The van der Waals surface area contributed by atoms with E-state index >= 15 is 0 Å². The molecule has 5 nitrogen and oxygen atoms in total. The van der Waals surface area contributed by atoms with Gasteiger partial charge in [0, 0.05) is 24.1 Å². The number of nitro benzene ring substituents is 1. The summed E-state index contributed by atoms with van der Waals surface area (Å²) in [6.45, 7) is 3.89. The summed E-state index contributed by atoms with van der Waals surface area (Å²) in [6.07, 6.45) is 0. The normalized spacial score (nSPS) is 11.8. The molecule has 0 saturated carbocycles. The molecule has 0 radical (unpaired) electrons. The highest BCUT2D eigenvalue weighted by Gasteiger charge is 2.19. The molecular weight excluding hydrogens is 324 g/mol. The summed E-state index contributed by atoms with van der Waals surface area (Å²) in [5.74, 6) is 0.318. The molecule has 126 valence electrons. The molecule has 0 aliphatic carbocycles. The molecule has 0 unspecified atom stereocenters. The van der Waals surface area contributed by atoms with Crippen LogP contribution in [-0.4, -0.2) is 28.5 Å². The van der Waals surface area contributed by atoms with Gasteiger partial charge in [0.2, 0.25) is 5.91 Å². The average Bonchev–Trinajstić information content (AvgIpc) is 2.59. The second kappa shape index (κ2) is 7.97. The number of hydrogen-bond acceptors (Lipinski definition) is 4. The van der Waals surface area contributed by atoms with Crippen LogP contribution in [0.3, 0.4) is 0 Å². The van der Waals surface area contributed by atoms with Crippen molar-refractivity contribution in [3.05, 3.63) is 69.8 Å². The van der Waals surface area contributed by atoms with Gasteiger partial charge in [0.05, 0.1) is 16.7 Å². The summed E-state index contributed by atoms with van der Waals surface area (Å²) in [5, 5.41) is 10.9. The minimum absolute atomic E-state index is 0.0143. The Morgan fingerprint density at radius 3 is 2.54 bits per heavy atom. The molecule has 0 aromatic heterocycles. The van der Waals surface area contributed by atoms with Crippen LogP contribution in [-0.2, 0) is 4.79 Å². The first-order valence-electron chi connectivity index (χ1n) is 7.58. The molecule has 2 aromatic rings. The number of nitro groups is 1. The van der Waals surface area contributed by atoms with Crippen molar-refractivity contribution in [2.45, 2.75) is 24.8 Å². The van der Waals surface area contributed by atoms with E-state index < -0.39 is 4.92 Å². The monoisotopic (exact) mass is 344 g/mol. The molecule has 0 spiro atoms. The lowest BCUT2D eigenvalue weighted by Gasteiger charge is -2.25. The van der Waals surface area contributed by atoms with E-state index in [2.05, 4.69) is 0 Å². The number of thioether (sulfide) groups is 1. The predicted octanol–water partition coefficient (Wildman–Crippen LogP) is 4.21. The smallest absolute Gasteiger partial charge is 0.269 e. The highest BCUT2D eigenvalue weighted by Crippen LogP contribution is 2.25. The van der Waals surface area contributed by atoms with Crippen molar-refractivity contribution in [2.24, 2.45) is 0 Å². The van der Waals surface area contributed by atoms with Gasteiger partial charge in [-0.2, -0.15) is 0 Å². The van der Waals surface area contributed by atoms with Crippen molar-refractivity contribution < 1.29 is 9.72 Å². The van der Waals surface area contributed by atoms with Gasteiger partial charge in [0.15, 0.2) is 0 Å².